The van der Waals surface area contributed by atoms with Gasteiger partial charge in [0.25, 0.3) is 0 Å². The van der Waals surface area contributed by atoms with E-state index < -0.39 is 0 Å². The van der Waals surface area contributed by atoms with Crippen LogP contribution in [0.25, 0.3) is 10.9 Å². The van der Waals surface area contributed by atoms with Gasteiger partial charge in [-0.1, -0.05) is 39.0 Å². The Kier molecular flexibility index (Phi) is 5.68. The van der Waals surface area contributed by atoms with Crippen molar-refractivity contribution >= 4 is 28.3 Å². The van der Waals surface area contributed by atoms with E-state index in [-0.39, 0.29) is 11.6 Å². The topological polar surface area (TPSA) is 76.0 Å². The number of aromatic nitrogens is 2. The van der Waals surface area contributed by atoms with Gasteiger partial charge in [-0.05, 0) is 24.6 Å². The van der Waals surface area contributed by atoms with Crippen LogP contribution in [0.5, 0.6) is 0 Å². The molecule has 1 amide bonds. The average molecular weight is 342 g/mol. The molecule has 25 heavy (non-hydrogen) atoms. The van der Waals surface area contributed by atoms with Crippen molar-refractivity contribution < 1.29 is 4.79 Å². The fourth-order valence-electron chi connectivity index (χ4n) is 3.28. The predicted molar refractivity (Wildman–Crippen MR) is 101 cm³/mol. The first-order valence-corrected chi connectivity index (χ1v) is 9.27. The summed E-state index contributed by atoms with van der Waals surface area (Å²) in [7, 11) is 0. The molecule has 0 saturated heterocycles. The normalized spacial score (nSPS) is 12.8. The van der Waals surface area contributed by atoms with E-state index in [0.717, 1.165) is 36.3 Å². The monoisotopic (exact) mass is 342 g/mol. The van der Waals surface area contributed by atoms with Crippen LogP contribution in [0.15, 0.2) is 23.0 Å². The summed E-state index contributed by atoms with van der Waals surface area (Å²) in [6.07, 6.45) is 7.56. The van der Waals surface area contributed by atoms with Gasteiger partial charge >= 0.3 is 5.69 Å². The zero-order valence-electron chi connectivity index (χ0n) is 14.8. The van der Waals surface area contributed by atoms with Gasteiger partial charge in [0.2, 0.25) is 5.91 Å². The number of hydrogen-bond donors (Lipinski definition) is 2. The van der Waals surface area contributed by atoms with Crippen LogP contribution in [0.4, 0.5) is 11.5 Å². The number of rotatable bonds is 8. The van der Waals surface area contributed by atoms with Gasteiger partial charge < -0.3 is 10.6 Å². The van der Waals surface area contributed by atoms with Crippen LogP contribution in [0.3, 0.4) is 0 Å². The summed E-state index contributed by atoms with van der Waals surface area (Å²) in [6.45, 7) is 3.56. The van der Waals surface area contributed by atoms with Gasteiger partial charge in [-0.3, -0.25) is 9.36 Å². The number of benzene rings is 1. The van der Waals surface area contributed by atoms with Gasteiger partial charge in [0.1, 0.15) is 5.82 Å². The Morgan fingerprint density at radius 3 is 2.88 bits per heavy atom. The lowest BCUT2D eigenvalue weighted by atomic mass is 10.1. The maximum Gasteiger partial charge on any atom is 0.349 e. The molecule has 1 aromatic carbocycles. The highest BCUT2D eigenvalue weighted by atomic mass is 16.2. The third-order valence-corrected chi connectivity index (χ3v) is 4.64. The van der Waals surface area contributed by atoms with Crippen molar-refractivity contribution in [2.45, 2.75) is 58.4 Å². The molecular weight excluding hydrogens is 316 g/mol. The molecule has 0 atom stereocenters. The lowest BCUT2D eigenvalue weighted by Crippen LogP contribution is -2.21. The molecule has 1 aliphatic heterocycles. The van der Waals surface area contributed by atoms with Crippen LogP contribution in [0.2, 0.25) is 0 Å². The molecule has 6 nitrogen and oxygen atoms in total. The van der Waals surface area contributed by atoms with Crippen molar-refractivity contribution in [2.75, 3.05) is 17.2 Å². The Morgan fingerprint density at radius 2 is 2.04 bits per heavy atom. The molecule has 2 heterocycles. The number of fused-ring (bicyclic) bond motifs is 3. The number of carbonyl (C=O) groups is 1. The fourth-order valence-corrected chi connectivity index (χ4v) is 3.28. The van der Waals surface area contributed by atoms with Crippen LogP contribution in [-0.4, -0.2) is 22.0 Å². The molecule has 0 radical (unpaired) electrons. The molecule has 1 aromatic heterocycles. The Bertz CT molecular complexity index is 813. The predicted octanol–water partition coefficient (Wildman–Crippen LogP) is 3.51. The number of unbranched alkanes of at least 4 members (excludes halogenated alkanes) is 5. The van der Waals surface area contributed by atoms with Gasteiger partial charge in [-0.2, -0.15) is 4.98 Å². The molecular formula is C19H26N4O2. The van der Waals surface area contributed by atoms with Crippen molar-refractivity contribution in [1.82, 2.24) is 9.55 Å². The van der Waals surface area contributed by atoms with Gasteiger partial charge in [-0.25, -0.2) is 4.79 Å². The van der Waals surface area contributed by atoms with Crippen molar-refractivity contribution in [3.05, 3.63) is 28.7 Å². The second-order valence-corrected chi connectivity index (χ2v) is 6.62. The molecule has 0 unspecified atom stereocenters. The number of amides is 1. The maximum absolute atomic E-state index is 12.1. The van der Waals surface area contributed by atoms with Gasteiger partial charge in [-0.15, -0.1) is 0 Å². The van der Waals surface area contributed by atoms with Crippen molar-refractivity contribution in [3.8, 4) is 0 Å². The highest BCUT2D eigenvalue weighted by Crippen LogP contribution is 2.26. The minimum absolute atomic E-state index is 0.0421. The van der Waals surface area contributed by atoms with Crippen LogP contribution in [0, 0.1) is 0 Å². The first-order chi connectivity index (χ1) is 12.2. The number of nitrogens with one attached hydrogen (secondary N) is 2. The molecule has 0 spiro atoms. The highest BCUT2D eigenvalue weighted by molar-refractivity contribution is 5.96. The lowest BCUT2D eigenvalue weighted by Gasteiger charge is -2.09. The average Bonchev–Trinajstić information content (AvgIpc) is 3.09. The van der Waals surface area contributed by atoms with Crippen molar-refractivity contribution in [2.24, 2.45) is 0 Å². The smallest absolute Gasteiger partial charge is 0.349 e. The van der Waals surface area contributed by atoms with Gasteiger partial charge in [0.05, 0.1) is 5.52 Å². The molecule has 2 aromatic rings. The summed E-state index contributed by atoms with van der Waals surface area (Å²) in [4.78, 5) is 28.2. The quantitative estimate of drug-likeness (QED) is 0.720. The SMILES string of the molecule is CCCCCCCCC(=O)Nc1ccc2nc(=O)n3c(c2c1)NCC3. The minimum Gasteiger partial charge on any atom is -0.369 e. The Hall–Kier alpha value is -2.37. The second kappa shape index (κ2) is 8.14. The van der Waals surface area contributed by atoms with Crippen LogP contribution >= 0.6 is 0 Å². The van der Waals surface area contributed by atoms with Crippen molar-refractivity contribution in [3.63, 3.8) is 0 Å². The van der Waals surface area contributed by atoms with E-state index in [2.05, 4.69) is 22.5 Å². The lowest BCUT2D eigenvalue weighted by molar-refractivity contribution is -0.116. The molecule has 3 rings (SSSR count). The van der Waals surface area contributed by atoms with E-state index in [0.29, 0.717) is 18.5 Å². The third-order valence-electron chi connectivity index (χ3n) is 4.64. The van der Waals surface area contributed by atoms with Crippen LogP contribution < -0.4 is 16.3 Å². The minimum atomic E-state index is -0.229. The van der Waals surface area contributed by atoms with E-state index in [9.17, 15) is 9.59 Å². The molecule has 1 aliphatic rings. The Balaban J connectivity index is 1.61. The van der Waals surface area contributed by atoms with E-state index in [1.54, 1.807) is 16.7 Å². The molecule has 6 heteroatoms. The molecule has 0 bridgehead atoms. The Labute approximate surface area is 147 Å². The fraction of sp³-hybridized carbons (Fsp3) is 0.526. The number of nitrogens with zero attached hydrogens (tertiary/aromatic N) is 2. The highest BCUT2D eigenvalue weighted by Gasteiger charge is 2.16. The molecule has 0 aliphatic carbocycles. The van der Waals surface area contributed by atoms with E-state index >= 15 is 0 Å². The van der Waals surface area contributed by atoms with Gasteiger partial charge in [0, 0.05) is 30.6 Å². The van der Waals surface area contributed by atoms with Crippen molar-refractivity contribution in [1.29, 1.82) is 0 Å². The summed E-state index contributed by atoms with van der Waals surface area (Å²) in [6, 6.07) is 5.49. The summed E-state index contributed by atoms with van der Waals surface area (Å²) in [5, 5.41) is 7.06. The van der Waals surface area contributed by atoms with E-state index in [4.69, 9.17) is 0 Å². The Morgan fingerprint density at radius 1 is 1.24 bits per heavy atom. The zero-order valence-corrected chi connectivity index (χ0v) is 14.8. The third kappa shape index (κ3) is 4.18. The first-order valence-electron chi connectivity index (χ1n) is 9.27. The molecule has 0 saturated carbocycles. The number of carbonyl (C=O) groups excluding carboxylic acids is 1. The molecule has 0 fully saturated rings. The summed E-state index contributed by atoms with van der Waals surface area (Å²) < 4.78 is 1.64. The number of hydrogen-bond acceptors (Lipinski definition) is 4. The van der Waals surface area contributed by atoms with Gasteiger partial charge in [0.15, 0.2) is 0 Å². The first kappa shape index (κ1) is 17.5. The summed E-state index contributed by atoms with van der Waals surface area (Å²) in [5.74, 6) is 0.836. The number of anilines is 2. The van der Waals surface area contributed by atoms with Crippen LogP contribution in [-0.2, 0) is 11.3 Å². The second-order valence-electron chi connectivity index (χ2n) is 6.62. The standard InChI is InChI=1S/C19H26N4O2/c1-2-3-4-5-6-7-8-17(24)21-14-9-10-16-15(13-14)18-20-11-12-23(18)19(25)22-16/h9-10,13,20H,2-8,11-12H2,1H3,(H,21,24). The summed E-state index contributed by atoms with van der Waals surface area (Å²) in [5.41, 5.74) is 1.17. The molecule has 2 N–H and O–H groups in total. The van der Waals surface area contributed by atoms with Crippen LogP contribution in [0.1, 0.15) is 51.9 Å². The zero-order chi connectivity index (χ0) is 17.6. The molecule has 134 valence electrons. The van der Waals surface area contributed by atoms with E-state index in [1.807, 2.05) is 6.07 Å². The summed E-state index contributed by atoms with van der Waals surface area (Å²) >= 11 is 0. The maximum atomic E-state index is 12.1. The van der Waals surface area contributed by atoms with E-state index in [1.165, 1.54) is 25.7 Å². The largest absolute Gasteiger partial charge is 0.369 e.